The molecule has 0 aliphatic carbocycles. The first-order valence-electron chi connectivity index (χ1n) is 8.86. The fourth-order valence-electron chi connectivity index (χ4n) is 3.83. The zero-order valence-electron chi connectivity index (χ0n) is 14.2. The van der Waals surface area contributed by atoms with Crippen molar-refractivity contribution in [3.8, 4) is 0 Å². The molecule has 4 heterocycles. The van der Waals surface area contributed by atoms with Gasteiger partial charge < -0.3 is 9.64 Å². The number of hydrazone groups is 1. The van der Waals surface area contributed by atoms with Crippen LogP contribution in [0.5, 0.6) is 0 Å². The van der Waals surface area contributed by atoms with E-state index in [0.29, 0.717) is 24.8 Å². The summed E-state index contributed by atoms with van der Waals surface area (Å²) in [4.78, 5) is 15.6. The van der Waals surface area contributed by atoms with E-state index in [1.807, 2.05) is 6.07 Å². The van der Waals surface area contributed by atoms with Crippen molar-refractivity contribution < 1.29 is 9.66 Å². The van der Waals surface area contributed by atoms with Crippen molar-refractivity contribution in [1.29, 1.82) is 0 Å². The minimum atomic E-state index is -0.359. The Morgan fingerprint density at radius 2 is 1.96 bits per heavy atom. The first-order chi connectivity index (χ1) is 12.2. The number of hydrogen-bond donors (Lipinski definition) is 1. The summed E-state index contributed by atoms with van der Waals surface area (Å²) in [5.41, 5.74) is 5.58. The Bertz CT molecular complexity index is 679. The number of nitro benzene ring substituents is 1. The molecule has 0 spiro atoms. The third kappa shape index (κ3) is 3.45. The fraction of sp³-hybridized carbons (Fsp3) is 0.588. The van der Waals surface area contributed by atoms with Crippen molar-refractivity contribution in [2.45, 2.75) is 12.8 Å². The summed E-state index contributed by atoms with van der Waals surface area (Å²) in [6.45, 7) is 6.09. The van der Waals surface area contributed by atoms with Crippen LogP contribution < -0.4 is 10.3 Å². The molecular formula is C17H23N5O3. The Balaban J connectivity index is 1.57. The van der Waals surface area contributed by atoms with Crippen LogP contribution in [0.2, 0.25) is 0 Å². The van der Waals surface area contributed by atoms with E-state index in [4.69, 9.17) is 4.74 Å². The summed E-state index contributed by atoms with van der Waals surface area (Å²) in [6, 6.07) is 5.19. The maximum Gasteiger partial charge on any atom is 0.294 e. The molecule has 4 aliphatic heterocycles. The molecule has 2 bridgehead atoms. The molecule has 4 saturated heterocycles. The normalized spacial score (nSPS) is 27.5. The van der Waals surface area contributed by atoms with Gasteiger partial charge in [0.05, 0.1) is 23.8 Å². The molecule has 8 nitrogen and oxygen atoms in total. The van der Waals surface area contributed by atoms with E-state index in [9.17, 15) is 10.1 Å². The number of fused-ring (bicyclic) bond motifs is 3. The Kier molecular flexibility index (Phi) is 4.54. The summed E-state index contributed by atoms with van der Waals surface area (Å²) in [6.07, 6.45) is 2.27. The van der Waals surface area contributed by atoms with Crippen molar-refractivity contribution in [2.24, 2.45) is 11.0 Å². The van der Waals surface area contributed by atoms with Crippen molar-refractivity contribution in [1.82, 2.24) is 4.90 Å². The highest BCUT2D eigenvalue weighted by molar-refractivity contribution is 5.90. The second-order valence-electron chi connectivity index (χ2n) is 6.82. The van der Waals surface area contributed by atoms with Gasteiger partial charge in [0.2, 0.25) is 0 Å². The molecule has 0 radical (unpaired) electrons. The smallest absolute Gasteiger partial charge is 0.294 e. The Morgan fingerprint density at radius 1 is 1.20 bits per heavy atom. The van der Waals surface area contributed by atoms with Gasteiger partial charge in [0, 0.05) is 37.3 Å². The van der Waals surface area contributed by atoms with Gasteiger partial charge in [0.25, 0.3) is 5.69 Å². The first-order valence-corrected chi connectivity index (χ1v) is 8.86. The molecule has 8 heteroatoms. The van der Waals surface area contributed by atoms with Crippen LogP contribution in [0.1, 0.15) is 12.8 Å². The number of piperidine rings is 3. The quantitative estimate of drug-likeness (QED) is 0.663. The van der Waals surface area contributed by atoms with Crippen molar-refractivity contribution in [2.75, 3.05) is 56.3 Å². The zero-order chi connectivity index (χ0) is 17.2. The number of anilines is 2. The first kappa shape index (κ1) is 16.3. The van der Waals surface area contributed by atoms with Crippen LogP contribution in [0.3, 0.4) is 0 Å². The van der Waals surface area contributed by atoms with E-state index in [1.165, 1.54) is 0 Å². The molecule has 0 aromatic heterocycles. The zero-order valence-corrected chi connectivity index (χ0v) is 14.2. The van der Waals surface area contributed by atoms with Crippen LogP contribution in [-0.2, 0) is 4.74 Å². The fourth-order valence-corrected chi connectivity index (χ4v) is 3.83. The van der Waals surface area contributed by atoms with Crippen molar-refractivity contribution in [3.63, 3.8) is 0 Å². The molecule has 0 atom stereocenters. The van der Waals surface area contributed by atoms with E-state index in [1.54, 1.807) is 12.1 Å². The predicted molar refractivity (Wildman–Crippen MR) is 96.4 cm³/mol. The number of ether oxygens (including phenoxy) is 1. The second kappa shape index (κ2) is 6.97. The molecular weight excluding hydrogens is 322 g/mol. The molecule has 1 aromatic carbocycles. The molecule has 4 aliphatic rings. The predicted octanol–water partition coefficient (Wildman–Crippen LogP) is 1.92. The van der Waals surface area contributed by atoms with Gasteiger partial charge in [-0.25, -0.2) is 0 Å². The van der Waals surface area contributed by atoms with Crippen molar-refractivity contribution in [3.05, 3.63) is 28.3 Å². The highest BCUT2D eigenvalue weighted by Crippen LogP contribution is 2.31. The minimum absolute atomic E-state index is 0.0580. The highest BCUT2D eigenvalue weighted by Gasteiger charge is 2.31. The molecule has 25 heavy (non-hydrogen) atoms. The maximum absolute atomic E-state index is 11.4. The van der Waals surface area contributed by atoms with Gasteiger partial charge in [-0.2, -0.15) is 5.10 Å². The van der Waals surface area contributed by atoms with Gasteiger partial charge in [0.15, 0.2) is 0 Å². The topological polar surface area (TPSA) is 83.2 Å². The number of benzene rings is 1. The SMILES string of the molecule is O=[N+]([O-])c1ccc(N2CCOCC2)cc1N/N=C1\CN2CCC1CC2. The standard InChI is InChI=1S/C17H23N5O3/c23-22(24)17-2-1-14(21-7-9-25-10-8-21)11-15(17)18-19-16-12-20-5-3-13(16)4-6-20/h1-2,11,13,18H,3-10,12H2/b19-16+. The molecule has 0 saturated carbocycles. The lowest BCUT2D eigenvalue weighted by molar-refractivity contribution is -0.383. The molecule has 4 fully saturated rings. The molecule has 134 valence electrons. The number of nitro groups is 1. The molecule has 5 rings (SSSR count). The number of nitrogens with zero attached hydrogens (tertiary/aromatic N) is 4. The molecule has 1 N–H and O–H groups in total. The average molecular weight is 345 g/mol. The lowest BCUT2D eigenvalue weighted by Crippen LogP contribution is -2.48. The van der Waals surface area contributed by atoms with E-state index in [2.05, 4.69) is 20.3 Å². The van der Waals surface area contributed by atoms with Crippen LogP contribution in [0.25, 0.3) is 0 Å². The number of nitrogens with one attached hydrogen (secondary N) is 1. The second-order valence-corrected chi connectivity index (χ2v) is 6.82. The van der Waals surface area contributed by atoms with Gasteiger partial charge in [-0.1, -0.05) is 0 Å². The van der Waals surface area contributed by atoms with Crippen molar-refractivity contribution >= 4 is 22.8 Å². The number of hydrogen-bond acceptors (Lipinski definition) is 7. The van der Waals surface area contributed by atoms with E-state index in [0.717, 1.165) is 57.0 Å². The third-order valence-electron chi connectivity index (χ3n) is 5.32. The van der Waals surface area contributed by atoms with E-state index in [-0.39, 0.29) is 10.6 Å². The Labute approximate surface area is 146 Å². The largest absolute Gasteiger partial charge is 0.378 e. The average Bonchev–Trinajstić information content (AvgIpc) is 2.67. The lowest BCUT2D eigenvalue weighted by Gasteiger charge is -2.39. The summed E-state index contributed by atoms with van der Waals surface area (Å²) >= 11 is 0. The van der Waals surface area contributed by atoms with Crippen LogP contribution >= 0.6 is 0 Å². The minimum Gasteiger partial charge on any atom is -0.378 e. The lowest BCUT2D eigenvalue weighted by atomic mass is 9.87. The summed E-state index contributed by atoms with van der Waals surface area (Å²) < 4.78 is 5.38. The van der Waals surface area contributed by atoms with Gasteiger partial charge in [-0.05, 0) is 38.1 Å². The summed E-state index contributed by atoms with van der Waals surface area (Å²) in [5, 5.41) is 15.9. The van der Waals surface area contributed by atoms with Gasteiger partial charge >= 0.3 is 0 Å². The monoisotopic (exact) mass is 345 g/mol. The molecule has 0 unspecified atom stereocenters. The van der Waals surface area contributed by atoms with E-state index >= 15 is 0 Å². The van der Waals surface area contributed by atoms with E-state index < -0.39 is 0 Å². The summed E-state index contributed by atoms with van der Waals surface area (Å²) in [7, 11) is 0. The van der Waals surface area contributed by atoms with Crippen LogP contribution in [0, 0.1) is 16.0 Å². The Morgan fingerprint density at radius 3 is 2.60 bits per heavy atom. The Hall–Kier alpha value is -2.19. The number of rotatable bonds is 4. The third-order valence-corrected chi connectivity index (χ3v) is 5.32. The maximum atomic E-state index is 11.4. The van der Waals surface area contributed by atoms with Crippen LogP contribution in [-0.4, -0.2) is 61.5 Å². The number of morpholine rings is 1. The van der Waals surface area contributed by atoms with Crippen LogP contribution in [0.15, 0.2) is 23.3 Å². The van der Waals surface area contributed by atoms with Gasteiger partial charge in [-0.15, -0.1) is 0 Å². The molecule has 1 aromatic rings. The van der Waals surface area contributed by atoms with Crippen LogP contribution in [0.4, 0.5) is 17.1 Å². The molecule has 0 amide bonds. The summed E-state index contributed by atoms with van der Waals surface area (Å²) in [5.74, 6) is 0.513. The van der Waals surface area contributed by atoms with Gasteiger partial charge in [-0.3, -0.25) is 20.4 Å². The van der Waals surface area contributed by atoms with Gasteiger partial charge in [0.1, 0.15) is 5.69 Å². The highest BCUT2D eigenvalue weighted by atomic mass is 16.6.